The third kappa shape index (κ3) is 4.63. The molecule has 8 nitrogen and oxygen atoms in total. The van der Waals surface area contributed by atoms with Crippen molar-refractivity contribution in [3.8, 4) is 5.75 Å². The Morgan fingerprint density at radius 1 is 1.21 bits per heavy atom. The topological polar surface area (TPSA) is 79.4 Å². The average molecular weight is 394 g/mol. The quantitative estimate of drug-likeness (QED) is 0.372. The van der Waals surface area contributed by atoms with Crippen molar-refractivity contribution in [2.75, 3.05) is 48.1 Å². The van der Waals surface area contributed by atoms with Crippen molar-refractivity contribution in [2.45, 2.75) is 37.3 Å². The fraction of sp³-hybridized carbons (Fsp3) is 0.700. The van der Waals surface area contributed by atoms with E-state index in [1.54, 1.807) is 25.3 Å². The van der Waals surface area contributed by atoms with Crippen molar-refractivity contribution in [3.63, 3.8) is 0 Å². The van der Waals surface area contributed by atoms with Gasteiger partial charge in [-0.05, 0) is 18.4 Å². The van der Waals surface area contributed by atoms with Crippen LogP contribution >= 0.6 is 0 Å². The summed E-state index contributed by atoms with van der Waals surface area (Å²) in [6, 6.07) is 3.42. The van der Waals surface area contributed by atoms with Crippen molar-refractivity contribution in [1.29, 1.82) is 0 Å². The number of hydrogen-bond acceptors (Lipinski definition) is 7. The van der Waals surface area contributed by atoms with Gasteiger partial charge >= 0.3 is 0 Å². The maximum absolute atomic E-state index is 13.0. The molecule has 1 aliphatic carbocycles. The van der Waals surface area contributed by atoms with E-state index in [0.29, 0.717) is 19.6 Å². The van der Waals surface area contributed by atoms with E-state index in [4.69, 9.17) is 23.7 Å². The van der Waals surface area contributed by atoms with Gasteiger partial charge in [0.1, 0.15) is 19.3 Å². The first-order chi connectivity index (χ1) is 13.6. The second kappa shape index (κ2) is 9.65. The Kier molecular flexibility index (Phi) is 7.23. The molecule has 2 heterocycles. The van der Waals surface area contributed by atoms with E-state index >= 15 is 0 Å². The number of β-lactam (4-membered cyclic amide) rings is 1. The Morgan fingerprint density at radius 2 is 2.04 bits per heavy atom. The molecule has 156 valence electrons. The van der Waals surface area contributed by atoms with E-state index in [1.807, 2.05) is 12.1 Å². The third-order valence-corrected chi connectivity index (χ3v) is 5.29. The van der Waals surface area contributed by atoms with Gasteiger partial charge < -0.3 is 28.6 Å². The first-order valence-corrected chi connectivity index (χ1v) is 9.64. The van der Waals surface area contributed by atoms with Gasteiger partial charge in [0.25, 0.3) is 5.91 Å². The summed E-state index contributed by atoms with van der Waals surface area (Å²) < 4.78 is 27.3. The predicted octanol–water partition coefficient (Wildman–Crippen LogP) is 1.62. The largest absolute Gasteiger partial charge is 0.493 e. The first kappa shape index (κ1) is 21.0. The number of ether oxygens (including phenoxy) is 5. The van der Waals surface area contributed by atoms with Gasteiger partial charge in [-0.15, -0.1) is 0 Å². The van der Waals surface area contributed by atoms with Crippen molar-refractivity contribution in [1.82, 2.24) is 9.88 Å². The summed E-state index contributed by atoms with van der Waals surface area (Å²) in [6.45, 7) is 1.22. The number of carbonyl (C=O) groups excluding carboxylic acids is 1. The number of amides is 1. The molecule has 1 aromatic heterocycles. The molecule has 2 atom stereocenters. The van der Waals surface area contributed by atoms with Crippen molar-refractivity contribution >= 4 is 5.91 Å². The first-order valence-electron chi connectivity index (χ1n) is 9.64. The summed E-state index contributed by atoms with van der Waals surface area (Å²) in [5.41, 5.74) is -0.365. The Hall–Kier alpha value is -1.74. The third-order valence-electron chi connectivity index (χ3n) is 5.29. The highest BCUT2D eigenvalue weighted by molar-refractivity contribution is 5.93. The number of hydrogen-bond donors (Lipinski definition) is 0. The highest BCUT2D eigenvalue weighted by Crippen LogP contribution is 2.38. The number of rotatable bonds is 13. The van der Waals surface area contributed by atoms with Crippen LogP contribution in [-0.2, 0) is 30.2 Å². The van der Waals surface area contributed by atoms with Gasteiger partial charge in [-0.25, -0.2) is 0 Å². The lowest BCUT2D eigenvalue weighted by atomic mass is 9.78. The van der Waals surface area contributed by atoms with E-state index in [-0.39, 0.29) is 25.5 Å². The smallest absolute Gasteiger partial charge is 0.259 e. The molecule has 1 aromatic rings. The Labute approximate surface area is 166 Å². The highest BCUT2D eigenvalue weighted by Gasteiger charge is 2.62. The maximum atomic E-state index is 13.0. The van der Waals surface area contributed by atoms with E-state index in [0.717, 1.165) is 23.8 Å². The second-order valence-electron chi connectivity index (χ2n) is 7.34. The average Bonchev–Trinajstić information content (AvgIpc) is 3.53. The lowest BCUT2D eigenvalue weighted by molar-refractivity contribution is -0.238. The monoisotopic (exact) mass is 394 g/mol. The van der Waals surface area contributed by atoms with Crippen molar-refractivity contribution in [3.05, 3.63) is 24.0 Å². The summed E-state index contributed by atoms with van der Waals surface area (Å²) in [5.74, 6) is 1.42. The summed E-state index contributed by atoms with van der Waals surface area (Å²) in [4.78, 5) is 19.0. The lowest BCUT2D eigenvalue weighted by Gasteiger charge is -2.54. The molecule has 1 saturated heterocycles. The number of aromatic nitrogens is 1. The van der Waals surface area contributed by atoms with Crippen LogP contribution in [0.1, 0.15) is 25.0 Å². The number of methoxy groups -OCH3 is 3. The van der Waals surface area contributed by atoms with Gasteiger partial charge in [0.2, 0.25) is 0 Å². The van der Waals surface area contributed by atoms with Crippen LogP contribution in [0.3, 0.4) is 0 Å². The molecule has 0 aromatic carbocycles. The SMILES string of the molecule is COCO[C@@]1(Cc2cc(OCCC3CC3)ccn2)C(=O)N(COC)[C@H]1COC. The normalized spacial score (nSPS) is 24.3. The number of pyridine rings is 1. The predicted molar refractivity (Wildman–Crippen MR) is 101 cm³/mol. The zero-order valence-electron chi connectivity index (χ0n) is 16.9. The molecule has 1 saturated carbocycles. The molecule has 2 aliphatic rings. The summed E-state index contributed by atoms with van der Waals surface area (Å²) in [6.07, 6.45) is 5.71. The molecule has 1 aliphatic heterocycles. The van der Waals surface area contributed by atoms with Crippen molar-refractivity contribution < 1.29 is 28.5 Å². The van der Waals surface area contributed by atoms with Crippen LogP contribution in [0.2, 0.25) is 0 Å². The Bertz CT molecular complexity index is 653. The van der Waals surface area contributed by atoms with Crippen LogP contribution in [0.15, 0.2) is 18.3 Å². The Balaban J connectivity index is 1.73. The number of likely N-dealkylation sites (tertiary alicyclic amines) is 1. The fourth-order valence-corrected chi connectivity index (χ4v) is 3.61. The molecule has 0 bridgehead atoms. The summed E-state index contributed by atoms with van der Waals surface area (Å²) >= 11 is 0. The zero-order valence-corrected chi connectivity index (χ0v) is 16.9. The zero-order chi connectivity index (χ0) is 20.0. The lowest BCUT2D eigenvalue weighted by Crippen LogP contribution is -2.77. The van der Waals surface area contributed by atoms with E-state index < -0.39 is 5.60 Å². The molecule has 8 heteroatoms. The second-order valence-corrected chi connectivity index (χ2v) is 7.34. The number of carbonyl (C=O) groups is 1. The minimum absolute atomic E-state index is 0.00432. The van der Waals surface area contributed by atoms with E-state index in [1.165, 1.54) is 20.0 Å². The Morgan fingerprint density at radius 3 is 2.71 bits per heavy atom. The van der Waals surface area contributed by atoms with Gasteiger partial charge in [-0.3, -0.25) is 9.78 Å². The van der Waals surface area contributed by atoms with Gasteiger partial charge in [-0.2, -0.15) is 0 Å². The maximum Gasteiger partial charge on any atom is 0.259 e. The molecule has 0 spiro atoms. The van der Waals surface area contributed by atoms with Crippen LogP contribution < -0.4 is 4.74 Å². The van der Waals surface area contributed by atoms with E-state index in [9.17, 15) is 4.79 Å². The molecule has 0 unspecified atom stereocenters. The van der Waals surface area contributed by atoms with Gasteiger partial charge in [0, 0.05) is 45.7 Å². The molecular formula is C20H30N2O6. The van der Waals surface area contributed by atoms with E-state index in [2.05, 4.69) is 4.98 Å². The minimum Gasteiger partial charge on any atom is -0.493 e. The molecule has 1 amide bonds. The summed E-state index contributed by atoms with van der Waals surface area (Å²) in [7, 11) is 4.68. The number of nitrogens with zero attached hydrogens (tertiary/aromatic N) is 2. The standard InChI is InChI=1S/C20H30N2O6/c1-24-12-18-20(28-14-26-3,19(23)22(18)13-25-2)11-16-10-17(6-8-21-16)27-9-7-15-4-5-15/h6,8,10,15,18H,4-5,7,9,11-14H2,1-3H3/t18-,20+/m0/s1. The van der Waals surface area contributed by atoms with Gasteiger partial charge in [0.15, 0.2) is 5.60 Å². The molecule has 2 fully saturated rings. The molecule has 28 heavy (non-hydrogen) atoms. The molecule has 0 N–H and O–H groups in total. The minimum atomic E-state index is -1.09. The molecule has 3 rings (SSSR count). The van der Waals surface area contributed by atoms with Crippen molar-refractivity contribution in [2.24, 2.45) is 5.92 Å². The highest BCUT2D eigenvalue weighted by atomic mass is 16.7. The van der Waals surface area contributed by atoms with Crippen LogP contribution in [0.25, 0.3) is 0 Å². The van der Waals surface area contributed by atoms with Gasteiger partial charge in [0.05, 0.1) is 19.3 Å². The molecular weight excluding hydrogens is 364 g/mol. The van der Waals surface area contributed by atoms with Gasteiger partial charge in [-0.1, -0.05) is 12.8 Å². The summed E-state index contributed by atoms with van der Waals surface area (Å²) in [5, 5.41) is 0. The van der Waals surface area contributed by atoms with Crippen LogP contribution in [0.4, 0.5) is 0 Å². The van der Waals surface area contributed by atoms with Crippen LogP contribution in [-0.4, -0.2) is 75.5 Å². The van der Waals surface area contributed by atoms with Crippen LogP contribution in [0.5, 0.6) is 5.75 Å². The fourth-order valence-electron chi connectivity index (χ4n) is 3.61. The molecule has 0 radical (unpaired) electrons. The van der Waals surface area contributed by atoms with Crippen LogP contribution in [0, 0.1) is 5.92 Å².